The molecule has 0 N–H and O–H groups in total. The zero-order valence-corrected chi connectivity index (χ0v) is 11.7. The number of hydrogen-bond donors (Lipinski definition) is 0. The van der Waals surface area contributed by atoms with Crippen molar-refractivity contribution >= 4 is 51.1 Å². The monoisotopic (exact) mass is 302 g/mol. The molecule has 2 aromatic carbocycles. The molecule has 1 aliphatic carbocycles. The second kappa shape index (κ2) is 4.89. The van der Waals surface area contributed by atoms with Gasteiger partial charge in [-0.3, -0.25) is 9.59 Å². The third kappa shape index (κ3) is 2.07. The van der Waals surface area contributed by atoms with Crippen molar-refractivity contribution in [1.29, 1.82) is 0 Å². The fourth-order valence-corrected chi connectivity index (χ4v) is 2.73. The molecule has 98 valence electrons. The van der Waals surface area contributed by atoms with Crippen LogP contribution in [-0.4, -0.2) is 11.6 Å². The lowest BCUT2D eigenvalue weighted by Crippen LogP contribution is -2.07. The predicted molar refractivity (Wildman–Crippen MR) is 81.1 cm³/mol. The minimum absolute atomic E-state index is 0.236. The number of halogens is 2. The summed E-state index contributed by atoms with van der Waals surface area (Å²) in [6.45, 7) is 0. The van der Waals surface area contributed by atoms with E-state index < -0.39 is 0 Å². The third-order valence-corrected chi connectivity index (χ3v) is 3.95. The molecule has 0 heterocycles. The molecule has 0 saturated carbocycles. The Morgan fingerprint density at radius 1 is 0.950 bits per heavy atom. The van der Waals surface area contributed by atoms with Crippen LogP contribution in [0.5, 0.6) is 0 Å². The van der Waals surface area contributed by atoms with Gasteiger partial charge in [0.1, 0.15) is 0 Å². The van der Waals surface area contributed by atoms with Crippen LogP contribution in [0.4, 0.5) is 0 Å². The van der Waals surface area contributed by atoms with Gasteiger partial charge in [-0.1, -0.05) is 47.5 Å². The summed E-state index contributed by atoms with van der Waals surface area (Å²) in [6, 6.07) is 9.20. The quantitative estimate of drug-likeness (QED) is 0.738. The van der Waals surface area contributed by atoms with Gasteiger partial charge in [0.15, 0.2) is 11.6 Å². The molecule has 0 radical (unpaired) electrons. The molecule has 0 saturated heterocycles. The number of fused-ring (bicyclic) bond motifs is 1. The summed E-state index contributed by atoms with van der Waals surface area (Å²) < 4.78 is 0. The smallest absolute Gasteiger partial charge is 0.186 e. The lowest BCUT2D eigenvalue weighted by molar-refractivity contribution is -0.113. The van der Waals surface area contributed by atoms with Crippen molar-refractivity contribution in [2.75, 3.05) is 0 Å². The average Bonchev–Trinajstić information content (AvgIpc) is 2.43. The van der Waals surface area contributed by atoms with E-state index in [0.717, 1.165) is 10.8 Å². The number of carbonyl (C=O) groups is 2. The second-order valence-electron chi connectivity index (χ2n) is 4.43. The zero-order valence-electron chi connectivity index (χ0n) is 10.2. The summed E-state index contributed by atoms with van der Waals surface area (Å²) in [6.07, 6.45) is 3.79. The highest BCUT2D eigenvalue weighted by molar-refractivity contribution is 6.47. The molecule has 1 aliphatic rings. The van der Waals surface area contributed by atoms with Crippen LogP contribution in [-0.2, 0) is 9.59 Å². The maximum absolute atomic E-state index is 12.0. The first-order chi connectivity index (χ1) is 9.58. The SMILES string of the molecule is O=C1C=CC(=O)C(c2c(Cl)c(Cl)cc3ccccc23)=C1. The molecule has 0 aromatic heterocycles. The number of ketones is 2. The number of allylic oxidation sites excluding steroid dienone is 4. The van der Waals surface area contributed by atoms with E-state index in [0.29, 0.717) is 10.6 Å². The van der Waals surface area contributed by atoms with Gasteiger partial charge in [0.2, 0.25) is 0 Å². The Hall–Kier alpha value is -1.90. The van der Waals surface area contributed by atoms with Crippen molar-refractivity contribution in [3.63, 3.8) is 0 Å². The Balaban J connectivity index is 2.38. The fourth-order valence-electron chi connectivity index (χ4n) is 2.26. The third-order valence-electron chi connectivity index (χ3n) is 3.16. The molecule has 3 rings (SSSR count). The highest BCUT2D eigenvalue weighted by Crippen LogP contribution is 2.38. The van der Waals surface area contributed by atoms with Crippen molar-refractivity contribution in [3.8, 4) is 0 Å². The first-order valence-electron chi connectivity index (χ1n) is 5.93. The summed E-state index contributed by atoms with van der Waals surface area (Å²) in [5, 5.41) is 2.31. The van der Waals surface area contributed by atoms with Crippen LogP contribution < -0.4 is 0 Å². The Kier molecular flexibility index (Phi) is 3.20. The van der Waals surface area contributed by atoms with Crippen molar-refractivity contribution in [2.45, 2.75) is 0 Å². The standard InChI is InChI=1S/C16H8Cl2O2/c17-13-7-9-3-1-2-4-11(9)15(16(13)18)12-8-10(19)5-6-14(12)20/h1-8H. The highest BCUT2D eigenvalue weighted by Gasteiger charge is 2.21. The lowest BCUT2D eigenvalue weighted by atomic mass is 9.92. The zero-order chi connectivity index (χ0) is 14.3. The van der Waals surface area contributed by atoms with Gasteiger partial charge < -0.3 is 0 Å². The maximum Gasteiger partial charge on any atom is 0.186 e. The van der Waals surface area contributed by atoms with E-state index in [1.54, 1.807) is 6.07 Å². The summed E-state index contributed by atoms with van der Waals surface area (Å²) in [5.41, 5.74) is 0.790. The number of carbonyl (C=O) groups excluding carboxylic acids is 2. The number of benzene rings is 2. The fraction of sp³-hybridized carbons (Fsp3) is 0. The molecule has 0 unspecified atom stereocenters. The summed E-state index contributed by atoms with van der Waals surface area (Å²) in [7, 11) is 0. The molecule has 0 spiro atoms. The van der Waals surface area contributed by atoms with Gasteiger partial charge in [0.05, 0.1) is 10.0 Å². The normalized spacial score (nSPS) is 14.8. The first kappa shape index (κ1) is 13.1. The van der Waals surface area contributed by atoms with Crippen LogP contribution in [0, 0.1) is 0 Å². The van der Waals surface area contributed by atoms with E-state index >= 15 is 0 Å². The molecule has 4 heteroatoms. The van der Waals surface area contributed by atoms with Gasteiger partial charge in [-0.15, -0.1) is 0 Å². The van der Waals surface area contributed by atoms with Crippen molar-refractivity contribution in [3.05, 3.63) is 64.2 Å². The van der Waals surface area contributed by atoms with Crippen molar-refractivity contribution in [1.82, 2.24) is 0 Å². The van der Waals surface area contributed by atoms with Crippen LogP contribution in [0.15, 0.2) is 48.6 Å². The van der Waals surface area contributed by atoms with Gasteiger partial charge in [0, 0.05) is 11.1 Å². The van der Waals surface area contributed by atoms with E-state index in [1.807, 2.05) is 24.3 Å². The van der Waals surface area contributed by atoms with Gasteiger partial charge in [-0.05, 0) is 35.1 Å². The first-order valence-corrected chi connectivity index (χ1v) is 6.68. The Morgan fingerprint density at radius 3 is 2.50 bits per heavy atom. The topological polar surface area (TPSA) is 34.1 Å². The van der Waals surface area contributed by atoms with E-state index in [-0.39, 0.29) is 22.2 Å². The van der Waals surface area contributed by atoms with Gasteiger partial charge in [-0.25, -0.2) is 0 Å². The van der Waals surface area contributed by atoms with E-state index in [2.05, 4.69) is 0 Å². The lowest BCUT2D eigenvalue weighted by Gasteiger charge is -2.14. The molecule has 0 bridgehead atoms. The van der Waals surface area contributed by atoms with Crippen LogP contribution in [0.1, 0.15) is 5.56 Å². The van der Waals surface area contributed by atoms with Gasteiger partial charge >= 0.3 is 0 Å². The van der Waals surface area contributed by atoms with Crippen LogP contribution in [0.3, 0.4) is 0 Å². The largest absolute Gasteiger partial charge is 0.290 e. The molecule has 2 nitrogen and oxygen atoms in total. The molecule has 0 aliphatic heterocycles. The predicted octanol–water partition coefficient (Wildman–Crippen LogP) is 4.24. The van der Waals surface area contributed by atoms with E-state index in [4.69, 9.17) is 23.2 Å². The molecular formula is C16H8Cl2O2. The van der Waals surface area contributed by atoms with Gasteiger partial charge in [0.25, 0.3) is 0 Å². The Bertz CT molecular complexity index is 817. The minimum atomic E-state index is -0.251. The van der Waals surface area contributed by atoms with Crippen LogP contribution in [0.2, 0.25) is 10.0 Å². The average molecular weight is 303 g/mol. The van der Waals surface area contributed by atoms with E-state index in [1.165, 1.54) is 18.2 Å². The molecular weight excluding hydrogens is 295 g/mol. The van der Waals surface area contributed by atoms with Crippen LogP contribution in [0.25, 0.3) is 16.3 Å². The summed E-state index contributed by atoms with van der Waals surface area (Å²) in [4.78, 5) is 23.6. The maximum atomic E-state index is 12.0. The highest BCUT2D eigenvalue weighted by atomic mass is 35.5. The molecule has 0 atom stereocenters. The second-order valence-corrected chi connectivity index (χ2v) is 5.21. The minimum Gasteiger partial charge on any atom is -0.290 e. The summed E-state index contributed by atoms with van der Waals surface area (Å²) >= 11 is 12.4. The van der Waals surface area contributed by atoms with Crippen molar-refractivity contribution < 1.29 is 9.59 Å². The molecule has 2 aromatic rings. The van der Waals surface area contributed by atoms with E-state index in [9.17, 15) is 9.59 Å². The number of hydrogen-bond acceptors (Lipinski definition) is 2. The molecule has 20 heavy (non-hydrogen) atoms. The number of rotatable bonds is 1. The van der Waals surface area contributed by atoms with Crippen LogP contribution >= 0.6 is 23.2 Å². The van der Waals surface area contributed by atoms with Gasteiger partial charge in [-0.2, -0.15) is 0 Å². The Morgan fingerprint density at radius 2 is 1.70 bits per heavy atom. The molecule has 0 amide bonds. The molecule has 0 fully saturated rings. The Labute approximate surface area is 125 Å². The summed E-state index contributed by atoms with van der Waals surface area (Å²) in [5.74, 6) is -0.487. The van der Waals surface area contributed by atoms with Crippen molar-refractivity contribution in [2.24, 2.45) is 0 Å².